The van der Waals surface area contributed by atoms with Crippen LogP contribution < -0.4 is 0 Å². The molecule has 0 saturated heterocycles. The van der Waals surface area contributed by atoms with Crippen LogP contribution in [0.3, 0.4) is 0 Å². The smallest absolute Gasteiger partial charge is 0.338 e. The number of carbonyl (C=O) groups is 1. The number of benzene rings is 1. The molecule has 0 heterocycles. The van der Waals surface area contributed by atoms with E-state index in [1.807, 2.05) is 0 Å². The number of esters is 1. The van der Waals surface area contributed by atoms with Crippen LogP contribution in [-0.4, -0.2) is 21.0 Å². The van der Waals surface area contributed by atoms with Gasteiger partial charge in [-0.2, -0.15) is 0 Å². The summed E-state index contributed by atoms with van der Waals surface area (Å²) >= 11 is 0. The Labute approximate surface area is 111 Å². The molecule has 1 aromatic rings. The lowest BCUT2D eigenvalue weighted by molar-refractivity contribution is 0.0524. The zero-order valence-electron chi connectivity index (χ0n) is 10.7. The van der Waals surface area contributed by atoms with Crippen molar-refractivity contribution >= 4 is 25.7 Å². The summed E-state index contributed by atoms with van der Waals surface area (Å²) in [6.07, 6.45) is 0. The third kappa shape index (κ3) is 2.84. The van der Waals surface area contributed by atoms with E-state index in [1.165, 1.54) is 0 Å². The number of hydrogen-bond acceptors (Lipinski definition) is 4. The summed E-state index contributed by atoms with van der Waals surface area (Å²) in [6, 6.07) is 1.62. The molecule has 1 aromatic carbocycles. The molecule has 0 bridgehead atoms. The lowest BCUT2D eigenvalue weighted by Gasteiger charge is -2.14. The Morgan fingerprint density at radius 3 is 2.28 bits per heavy atom. The van der Waals surface area contributed by atoms with Crippen LogP contribution in [0.1, 0.15) is 34.0 Å². The van der Waals surface area contributed by atoms with Gasteiger partial charge in [-0.25, -0.2) is 13.2 Å². The van der Waals surface area contributed by atoms with Gasteiger partial charge in [0.2, 0.25) is 0 Å². The van der Waals surface area contributed by atoms with E-state index in [0.717, 1.165) is 0 Å². The van der Waals surface area contributed by atoms with Gasteiger partial charge in [-0.1, -0.05) is 6.07 Å². The number of carbonyl (C=O) groups excluding carboxylic acids is 1. The van der Waals surface area contributed by atoms with Gasteiger partial charge in [0.15, 0.2) is 0 Å². The van der Waals surface area contributed by atoms with Gasteiger partial charge in [-0.15, -0.1) is 0 Å². The van der Waals surface area contributed by atoms with E-state index in [2.05, 4.69) is 0 Å². The minimum Gasteiger partial charge on any atom is -0.462 e. The van der Waals surface area contributed by atoms with Crippen LogP contribution >= 0.6 is 10.7 Å². The number of halogens is 1. The molecule has 1 rings (SSSR count). The summed E-state index contributed by atoms with van der Waals surface area (Å²) in [7, 11) is 1.51. The van der Waals surface area contributed by atoms with Crippen molar-refractivity contribution < 1.29 is 17.9 Å². The highest BCUT2D eigenvalue weighted by molar-refractivity contribution is 8.13. The summed E-state index contributed by atoms with van der Waals surface area (Å²) in [6.45, 7) is 6.85. The van der Waals surface area contributed by atoms with E-state index in [9.17, 15) is 13.2 Å². The molecule has 0 amide bonds. The summed E-state index contributed by atoms with van der Waals surface area (Å²) < 4.78 is 28.0. The first kappa shape index (κ1) is 15.0. The van der Waals surface area contributed by atoms with E-state index in [4.69, 9.17) is 15.4 Å². The predicted molar refractivity (Wildman–Crippen MR) is 69.6 cm³/mol. The highest BCUT2D eigenvalue weighted by Gasteiger charge is 2.24. The molecule has 0 saturated carbocycles. The van der Waals surface area contributed by atoms with Gasteiger partial charge in [0.1, 0.15) is 0 Å². The maximum absolute atomic E-state index is 11.8. The van der Waals surface area contributed by atoms with Gasteiger partial charge < -0.3 is 4.74 Å². The van der Waals surface area contributed by atoms with Crippen LogP contribution in [-0.2, 0) is 13.8 Å². The second kappa shape index (κ2) is 5.28. The Morgan fingerprint density at radius 2 is 1.83 bits per heavy atom. The third-order valence-corrected chi connectivity index (χ3v) is 4.20. The first-order valence-electron chi connectivity index (χ1n) is 5.42. The van der Waals surface area contributed by atoms with E-state index in [0.29, 0.717) is 16.7 Å². The molecular formula is C12H15ClO4S. The molecule has 6 heteroatoms. The fourth-order valence-electron chi connectivity index (χ4n) is 2.06. The van der Waals surface area contributed by atoms with Crippen LogP contribution in [0, 0.1) is 20.8 Å². The molecule has 18 heavy (non-hydrogen) atoms. The lowest BCUT2D eigenvalue weighted by Crippen LogP contribution is -2.12. The molecule has 0 aromatic heterocycles. The topological polar surface area (TPSA) is 60.4 Å². The molecule has 100 valence electrons. The first-order valence-corrected chi connectivity index (χ1v) is 7.73. The SMILES string of the molecule is CCOC(=O)c1c(C)cc(C)c(S(=O)(=O)Cl)c1C. The van der Waals surface area contributed by atoms with Gasteiger partial charge in [-0.05, 0) is 44.4 Å². The Hall–Kier alpha value is -1.07. The molecule has 0 spiro atoms. The molecule has 0 aliphatic rings. The second-order valence-electron chi connectivity index (χ2n) is 4.00. The van der Waals surface area contributed by atoms with Crippen molar-refractivity contribution in [2.24, 2.45) is 0 Å². The molecule has 0 N–H and O–H groups in total. The van der Waals surface area contributed by atoms with Crippen LogP contribution in [0.4, 0.5) is 0 Å². The Bertz CT molecular complexity index is 591. The van der Waals surface area contributed by atoms with E-state index in [-0.39, 0.29) is 17.1 Å². The van der Waals surface area contributed by atoms with Crippen LogP contribution in [0.15, 0.2) is 11.0 Å². The predicted octanol–water partition coefficient (Wildman–Crippen LogP) is 2.72. The van der Waals surface area contributed by atoms with Gasteiger partial charge in [0, 0.05) is 10.7 Å². The summed E-state index contributed by atoms with van der Waals surface area (Å²) in [5, 5.41) is 0. The quantitative estimate of drug-likeness (QED) is 0.634. The highest BCUT2D eigenvalue weighted by atomic mass is 35.7. The van der Waals surface area contributed by atoms with Crippen LogP contribution in [0.25, 0.3) is 0 Å². The summed E-state index contributed by atoms with van der Waals surface area (Å²) in [4.78, 5) is 11.8. The second-order valence-corrected chi connectivity index (χ2v) is 6.50. The Kier molecular flexibility index (Phi) is 4.40. The zero-order chi connectivity index (χ0) is 14.1. The monoisotopic (exact) mass is 290 g/mol. The van der Waals surface area contributed by atoms with Gasteiger partial charge in [-0.3, -0.25) is 0 Å². The fraction of sp³-hybridized carbons (Fsp3) is 0.417. The minimum absolute atomic E-state index is 0.0159. The largest absolute Gasteiger partial charge is 0.462 e. The molecule has 0 unspecified atom stereocenters. The lowest BCUT2D eigenvalue weighted by atomic mass is 10.00. The van der Waals surface area contributed by atoms with Crippen molar-refractivity contribution in [2.75, 3.05) is 6.61 Å². The molecule has 0 radical (unpaired) electrons. The van der Waals surface area contributed by atoms with Crippen molar-refractivity contribution in [1.82, 2.24) is 0 Å². The minimum atomic E-state index is -3.89. The summed E-state index contributed by atoms with van der Waals surface area (Å²) in [5.74, 6) is -0.533. The van der Waals surface area contributed by atoms with Crippen LogP contribution in [0.5, 0.6) is 0 Å². The first-order chi connectivity index (χ1) is 8.20. The van der Waals surface area contributed by atoms with E-state index in [1.54, 1.807) is 33.8 Å². The number of aryl methyl sites for hydroxylation is 2. The highest BCUT2D eigenvalue weighted by Crippen LogP contribution is 2.29. The standard InChI is InChI=1S/C12H15ClO4S/c1-5-17-12(14)10-7(2)6-8(3)11(9(10)4)18(13,15)16/h6H,5H2,1-4H3. The molecule has 0 aliphatic heterocycles. The average molecular weight is 291 g/mol. The molecule has 0 fully saturated rings. The van der Waals surface area contributed by atoms with Crippen LogP contribution in [0.2, 0.25) is 0 Å². The van der Waals surface area contributed by atoms with Crippen molar-refractivity contribution in [1.29, 1.82) is 0 Å². The van der Waals surface area contributed by atoms with E-state index >= 15 is 0 Å². The number of rotatable bonds is 3. The number of hydrogen-bond donors (Lipinski definition) is 0. The van der Waals surface area contributed by atoms with Crippen molar-refractivity contribution in [2.45, 2.75) is 32.6 Å². The van der Waals surface area contributed by atoms with E-state index < -0.39 is 15.0 Å². The van der Waals surface area contributed by atoms with Crippen molar-refractivity contribution in [3.63, 3.8) is 0 Å². The Balaban J connectivity index is 3.61. The summed E-state index contributed by atoms with van der Waals surface area (Å²) in [5.41, 5.74) is 1.79. The third-order valence-electron chi connectivity index (χ3n) is 2.62. The fourth-order valence-corrected chi connectivity index (χ4v) is 3.68. The molecule has 0 aliphatic carbocycles. The van der Waals surface area contributed by atoms with Crippen molar-refractivity contribution in [3.8, 4) is 0 Å². The zero-order valence-corrected chi connectivity index (χ0v) is 12.3. The average Bonchev–Trinajstić information content (AvgIpc) is 2.13. The normalized spacial score (nSPS) is 11.4. The van der Waals surface area contributed by atoms with Gasteiger partial charge in [0.25, 0.3) is 9.05 Å². The van der Waals surface area contributed by atoms with Crippen molar-refractivity contribution in [3.05, 3.63) is 28.3 Å². The Morgan fingerprint density at radius 1 is 1.28 bits per heavy atom. The van der Waals surface area contributed by atoms with Gasteiger partial charge >= 0.3 is 5.97 Å². The number of ether oxygens (including phenoxy) is 1. The molecular weight excluding hydrogens is 276 g/mol. The maximum atomic E-state index is 11.8. The molecule has 0 atom stereocenters. The molecule has 4 nitrogen and oxygen atoms in total. The maximum Gasteiger partial charge on any atom is 0.338 e. The van der Waals surface area contributed by atoms with Gasteiger partial charge in [0.05, 0.1) is 17.1 Å².